The van der Waals surface area contributed by atoms with E-state index in [1.54, 1.807) is 30.3 Å². The van der Waals surface area contributed by atoms with Crippen molar-refractivity contribution in [1.29, 1.82) is 0 Å². The molecule has 0 aromatic heterocycles. The molecule has 1 aliphatic heterocycles. The van der Waals surface area contributed by atoms with Crippen molar-refractivity contribution in [3.05, 3.63) is 42.5 Å². The standard InChI is InChI=1S/C13H15NO3/c1-2-7-17-12-5-3-10(4-6-12)13(15)14-11-8-16-9-11/h2-6,11H,1,7-9H2,(H,14,15). The summed E-state index contributed by atoms with van der Waals surface area (Å²) in [4.78, 5) is 11.7. The monoisotopic (exact) mass is 233 g/mol. The zero-order valence-corrected chi connectivity index (χ0v) is 9.52. The van der Waals surface area contributed by atoms with Gasteiger partial charge in [0.15, 0.2) is 0 Å². The van der Waals surface area contributed by atoms with E-state index in [-0.39, 0.29) is 11.9 Å². The predicted molar refractivity (Wildman–Crippen MR) is 64.2 cm³/mol. The van der Waals surface area contributed by atoms with E-state index >= 15 is 0 Å². The van der Waals surface area contributed by atoms with Gasteiger partial charge in [-0.2, -0.15) is 0 Å². The molecule has 0 radical (unpaired) electrons. The molecule has 0 aliphatic carbocycles. The van der Waals surface area contributed by atoms with E-state index in [9.17, 15) is 4.79 Å². The summed E-state index contributed by atoms with van der Waals surface area (Å²) >= 11 is 0. The number of nitrogens with one attached hydrogen (secondary N) is 1. The molecular weight excluding hydrogens is 218 g/mol. The van der Waals surface area contributed by atoms with E-state index in [0.717, 1.165) is 5.75 Å². The highest BCUT2D eigenvalue weighted by atomic mass is 16.5. The molecule has 1 amide bonds. The number of ether oxygens (including phenoxy) is 2. The van der Waals surface area contributed by atoms with Gasteiger partial charge < -0.3 is 14.8 Å². The van der Waals surface area contributed by atoms with Gasteiger partial charge >= 0.3 is 0 Å². The van der Waals surface area contributed by atoms with Gasteiger partial charge in [-0.1, -0.05) is 12.7 Å². The molecule has 1 N–H and O–H groups in total. The van der Waals surface area contributed by atoms with Crippen LogP contribution in [-0.2, 0) is 4.74 Å². The molecule has 0 saturated carbocycles. The minimum absolute atomic E-state index is 0.0754. The molecule has 0 unspecified atom stereocenters. The van der Waals surface area contributed by atoms with E-state index in [2.05, 4.69) is 11.9 Å². The second-order valence-corrected chi connectivity index (χ2v) is 3.83. The molecule has 1 heterocycles. The quantitative estimate of drug-likeness (QED) is 0.782. The van der Waals surface area contributed by atoms with Gasteiger partial charge in [0, 0.05) is 5.56 Å². The Bertz CT molecular complexity index is 396. The van der Waals surface area contributed by atoms with Crippen LogP contribution in [0.1, 0.15) is 10.4 Å². The number of benzene rings is 1. The first-order chi connectivity index (χ1) is 8.29. The highest BCUT2D eigenvalue weighted by Crippen LogP contribution is 2.12. The molecule has 17 heavy (non-hydrogen) atoms. The van der Waals surface area contributed by atoms with Crippen LogP contribution >= 0.6 is 0 Å². The molecule has 1 fully saturated rings. The van der Waals surface area contributed by atoms with Gasteiger partial charge in [-0.05, 0) is 24.3 Å². The Labute approximate surface area is 100 Å². The first kappa shape index (κ1) is 11.7. The highest BCUT2D eigenvalue weighted by molar-refractivity contribution is 5.94. The third kappa shape index (κ3) is 3.07. The minimum atomic E-state index is -0.0754. The Balaban J connectivity index is 1.91. The van der Waals surface area contributed by atoms with Crippen molar-refractivity contribution >= 4 is 5.91 Å². The lowest BCUT2D eigenvalue weighted by molar-refractivity contribution is -0.00346. The maximum absolute atomic E-state index is 11.7. The fourth-order valence-corrected chi connectivity index (χ4v) is 1.45. The van der Waals surface area contributed by atoms with Gasteiger partial charge in [0.25, 0.3) is 5.91 Å². The Hall–Kier alpha value is -1.81. The topological polar surface area (TPSA) is 47.6 Å². The maximum Gasteiger partial charge on any atom is 0.251 e. The Morgan fingerprint density at radius 1 is 1.47 bits per heavy atom. The average Bonchev–Trinajstić information content (AvgIpc) is 2.31. The Morgan fingerprint density at radius 3 is 2.71 bits per heavy atom. The van der Waals surface area contributed by atoms with Crippen molar-refractivity contribution in [2.24, 2.45) is 0 Å². The van der Waals surface area contributed by atoms with Crippen LogP contribution in [0, 0.1) is 0 Å². The zero-order chi connectivity index (χ0) is 12.1. The molecule has 0 spiro atoms. The summed E-state index contributed by atoms with van der Waals surface area (Å²) in [5.74, 6) is 0.655. The van der Waals surface area contributed by atoms with Crippen LogP contribution in [0.4, 0.5) is 0 Å². The third-order valence-electron chi connectivity index (χ3n) is 2.46. The summed E-state index contributed by atoms with van der Waals surface area (Å²) in [6.07, 6.45) is 1.68. The fraction of sp³-hybridized carbons (Fsp3) is 0.308. The number of hydrogen-bond donors (Lipinski definition) is 1. The maximum atomic E-state index is 11.7. The summed E-state index contributed by atoms with van der Waals surface area (Å²) in [5.41, 5.74) is 0.628. The molecule has 1 aromatic carbocycles. The summed E-state index contributed by atoms with van der Waals surface area (Å²) in [7, 11) is 0. The van der Waals surface area contributed by atoms with Crippen molar-refractivity contribution in [3.8, 4) is 5.75 Å². The summed E-state index contributed by atoms with van der Waals surface area (Å²) < 4.78 is 10.3. The predicted octanol–water partition coefficient (Wildman–Crippen LogP) is 1.38. The van der Waals surface area contributed by atoms with Crippen molar-refractivity contribution in [1.82, 2.24) is 5.32 Å². The SMILES string of the molecule is C=CCOc1ccc(C(=O)NC2COC2)cc1. The molecule has 4 nitrogen and oxygen atoms in total. The normalized spacial score (nSPS) is 14.8. The summed E-state index contributed by atoms with van der Waals surface area (Å²) in [6.45, 7) is 5.24. The van der Waals surface area contributed by atoms with Crippen LogP contribution in [0.25, 0.3) is 0 Å². The Morgan fingerprint density at radius 2 is 2.18 bits per heavy atom. The van der Waals surface area contributed by atoms with Crippen LogP contribution in [0.3, 0.4) is 0 Å². The largest absolute Gasteiger partial charge is 0.490 e. The molecule has 0 atom stereocenters. The van der Waals surface area contributed by atoms with E-state index in [4.69, 9.17) is 9.47 Å². The molecule has 1 saturated heterocycles. The number of amides is 1. The number of carbonyl (C=O) groups excluding carboxylic acids is 1. The average molecular weight is 233 g/mol. The van der Waals surface area contributed by atoms with Crippen LogP contribution in [0.5, 0.6) is 5.75 Å². The lowest BCUT2D eigenvalue weighted by atomic mass is 10.2. The molecule has 0 bridgehead atoms. The van der Waals surface area contributed by atoms with Crippen LogP contribution in [0.15, 0.2) is 36.9 Å². The molecule has 2 rings (SSSR count). The van der Waals surface area contributed by atoms with Gasteiger partial charge in [-0.25, -0.2) is 0 Å². The highest BCUT2D eigenvalue weighted by Gasteiger charge is 2.20. The fourth-order valence-electron chi connectivity index (χ4n) is 1.45. The second-order valence-electron chi connectivity index (χ2n) is 3.83. The molecule has 1 aliphatic rings. The van der Waals surface area contributed by atoms with Gasteiger partial charge in [-0.15, -0.1) is 0 Å². The first-order valence-corrected chi connectivity index (χ1v) is 5.52. The number of rotatable bonds is 5. The second kappa shape index (κ2) is 5.50. The first-order valence-electron chi connectivity index (χ1n) is 5.52. The third-order valence-corrected chi connectivity index (χ3v) is 2.46. The zero-order valence-electron chi connectivity index (χ0n) is 9.52. The van der Waals surface area contributed by atoms with Crippen LogP contribution < -0.4 is 10.1 Å². The summed E-state index contributed by atoms with van der Waals surface area (Å²) in [6, 6.07) is 7.19. The van der Waals surface area contributed by atoms with Crippen molar-refractivity contribution in [2.45, 2.75) is 6.04 Å². The van der Waals surface area contributed by atoms with Gasteiger partial charge in [-0.3, -0.25) is 4.79 Å². The number of hydrogen-bond acceptors (Lipinski definition) is 3. The molecule has 4 heteroatoms. The lowest BCUT2D eigenvalue weighted by Crippen LogP contribution is -2.48. The smallest absolute Gasteiger partial charge is 0.251 e. The van der Waals surface area contributed by atoms with Crippen molar-refractivity contribution in [3.63, 3.8) is 0 Å². The van der Waals surface area contributed by atoms with Crippen LogP contribution in [-0.4, -0.2) is 31.8 Å². The molecule has 1 aromatic rings. The lowest BCUT2D eigenvalue weighted by Gasteiger charge is -2.26. The van der Waals surface area contributed by atoms with E-state index in [0.29, 0.717) is 25.4 Å². The van der Waals surface area contributed by atoms with E-state index < -0.39 is 0 Å². The van der Waals surface area contributed by atoms with E-state index in [1.165, 1.54) is 0 Å². The minimum Gasteiger partial charge on any atom is -0.490 e. The van der Waals surface area contributed by atoms with Gasteiger partial charge in [0.2, 0.25) is 0 Å². The van der Waals surface area contributed by atoms with Gasteiger partial charge in [0.1, 0.15) is 12.4 Å². The van der Waals surface area contributed by atoms with Crippen molar-refractivity contribution in [2.75, 3.05) is 19.8 Å². The van der Waals surface area contributed by atoms with Crippen molar-refractivity contribution < 1.29 is 14.3 Å². The number of carbonyl (C=O) groups is 1. The Kier molecular flexibility index (Phi) is 3.77. The molecular formula is C13H15NO3. The van der Waals surface area contributed by atoms with E-state index in [1.807, 2.05) is 0 Å². The van der Waals surface area contributed by atoms with Crippen LogP contribution in [0.2, 0.25) is 0 Å². The summed E-state index contributed by atoms with van der Waals surface area (Å²) in [5, 5.41) is 2.87. The molecule has 90 valence electrons. The van der Waals surface area contributed by atoms with Gasteiger partial charge in [0.05, 0.1) is 19.3 Å².